The van der Waals surface area contributed by atoms with E-state index in [2.05, 4.69) is 47.6 Å². The minimum Gasteiger partial charge on any atom is -0.295 e. The van der Waals surface area contributed by atoms with Gasteiger partial charge in [0.25, 0.3) is 0 Å². The van der Waals surface area contributed by atoms with Crippen molar-refractivity contribution in [1.82, 2.24) is 0 Å². The van der Waals surface area contributed by atoms with E-state index in [1.807, 2.05) is 26.0 Å². The lowest BCUT2D eigenvalue weighted by molar-refractivity contribution is -0.168. The Morgan fingerprint density at radius 3 is 2.21 bits per heavy atom. The maximum Gasteiger partial charge on any atom is 0.178 e. The fraction of sp³-hybridized carbons (Fsp3) is 0.774. The minimum absolute atomic E-state index is 0.0363. The fourth-order valence-electron chi connectivity index (χ4n) is 9.89. The highest BCUT2D eigenvalue weighted by atomic mass is 16.1. The first-order valence-corrected chi connectivity index (χ1v) is 13.5. The van der Waals surface area contributed by atoms with Crippen LogP contribution in [0.2, 0.25) is 0 Å². The molecule has 7 atom stereocenters. The van der Waals surface area contributed by atoms with E-state index in [0.29, 0.717) is 11.7 Å². The molecule has 0 aliphatic heterocycles. The van der Waals surface area contributed by atoms with E-state index in [1.165, 1.54) is 24.8 Å². The maximum absolute atomic E-state index is 14.2. The van der Waals surface area contributed by atoms with Crippen LogP contribution in [0.1, 0.15) is 100 Å². The Bertz CT molecular complexity index is 1090. The van der Waals surface area contributed by atoms with Crippen LogP contribution in [-0.4, -0.2) is 11.6 Å². The Balaban J connectivity index is 1.69. The van der Waals surface area contributed by atoms with E-state index < -0.39 is 10.8 Å². The monoisotopic (exact) mass is 461 g/mol. The van der Waals surface area contributed by atoms with Gasteiger partial charge < -0.3 is 0 Å². The first-order valence-electron chi connectivity index (χ1n) is 13.5. The van der Waals surface area contributed by atoms with Crippen molar-refractivity contribution >= 4 is 11.6 Å². The average Bonchev–Trinajstić information content (AvgIpc) is 2.74. The predicted molar refractivity (Wildman–Crippen MR) is 135 cm³/mol. The molecular weight excluding hydrogens is 418 g/mol. The lowest BCUT2D eigenvalue weighted by Gasteiger charge is -2.69. The van der Waals surface area contributed by atoms with E-state index in [0.717, 1.165) is 25.7 Å². The summed E-state index contributed by atoms with van der Waals surface area (Å²) in [6.07, 6.45) is 11.8. The third kappa shape index (κ3) is 2.75. The molecule has 0 N–H and O–H groups in total. The smallest absolute Gasteiger partial charge is 0.178 e. The number of nitriles is 1. The first kappa shape index (κ1) is 24.0. The molecule has 0 aromatic rings. The van der Waals surface area contributed by atoms with Crippen LogP contribution in [0, 0.1) is 61.6 Å². The molecule has 34 heavy (non-hydrogen) atoms. The second kappa shape index (κ2) is 6.74. The Kier molecular flexibility index (Phi) is 4.77. The number of rotatable bonds is 0. The van der Waals surface area contributed by atoms with Crippen molar-refractivity contribution in [3.05, 3.63) is 23.3 Å². The second-order valence-electron chi connectivity index (χ2n) is 14.9. The standard InChI is InChI=1S/C31H43NO2/c1-26(2)11-12-28(5)13-14-31(8)24(20(28)17-26)21(33)15-23-29(6)16-19(18-32)25(34)27(3,4)22(29)9-10-30(23,31)7/h15-16,20,22,24H,9-14,17H2,1-8H3/t20?,22?,24?,28-,29+,30-,31-/m1/s1. The summed E-state index contributed by atoms with van der Waals surface area (Å²) in [5, 5.41) is 9.83. The lowest BCUT2D eigenvalue weighted by Crippen LogP contribution is -2.64. The van der Waals surface area contributed by atoms with Gasteiger partial charge in [-0.1, -0.05) is 67.0 Å². The van der Waals surface area contributed by atoms with Gasteiger partial charge in [0.15, 0.2) is 11.6 Å². The average molecular weight is 462 g/mol. The number of allylic oxidation sites excluding steroid dienone is 4. The second-order valence-corrected chi connectivity index (χ2v) is 14.9. The van der Waals surface area contributed by atoms with Crippen molar-refractivity contribution in [3.63, 3.8) is 0 Å². The molecule has 0 radical (unpaired) electrons. The summed E-state index contributed by atoms with van der Waals surface area (Å²) in [5.41, 5.74) is 0.785. The number of hydrogen-bond donors (Lipinski definition) is 0. The Labute approximate surface area is 206 Å². The summed E-state index contributed by atoms with van der Waals surface area (Å²) in [4.78, 5) is 27.4. The molecule has 3 saturated carbocycles. The Morgan fingerprint density at radius 1 is 0.912 bits per heavy atom. The van der Waals surface area contributed by atoms with E-state index in [4.69, 9.17) is 0 Å². The van der Waals surface area contributed by atoms with Gasteiger partial charge in [0.05, 0.1) is 5.57 Å². The van der Waals surface area contributed by atoms with Gasteiger partial charge in [-0.2, -0.15) is 5.26 Å². The molecule has 5 aliphatic rings. The highest BCUT2D eigenvalue weighted by molar-refractivity contribution is 6.04. The third-order valence-electron chi connectivity index (χ3n) is 12.3. The zero-order valence-electron chi connectivity index (χ0n) is 22.6. The summed E-state index contributed by atoms with van der Waals surface area (Å²) >= 11 is 0. The number of carbonyl (C=O) groups excluding carboxylic acids is 2. The summed E-state index contributed by atoms with van der Waals surface area (Å²) < 4.78 is 0. The molecule has 0 spiro atoms. The van der Waals surface area contributed by atoms with Crippen LogP contribution in [0.15, 0.2) is 23.3 Å². The molecule has 3 unspecified atom stereocenters. The van der Waals surface area contributed by atoms with Crippen LogP contribution in [0.5, 0.6) is 0 Å². The van der Waals surface area contributed by atoms with Crippen molar-refractivity contribution in [1.29, 1.82) is 5.26 Å². The Hall–Kier alpha value is -1.69. The first-order chi connectivity index (χ1) is 15.6. The van der Waals surface area contributed by atoms with Crippen molar-refractivity contribution < 1.29 is 9.59 Å². The van der Waals surface area contributed by atoms with Gasteiger partial charge in [0.2, 0.25) is 0 Å². The van der Waals surface area contributed by atoms with Gasteiger partial charge in [-0.05, 0) is 84.5 Å². The molecule has 0 bridgehead atoms. The van der Waals surface area contributed by atoms with E-state index >= 15 is 0 Å². The van der Waals surface area contributed by atoms with Gasteiger partial charge in [-0.15, -0.1) is 0 Å². The van der Waals surface area contributed by atoms with Crippen LogP contribution >= 0.6 is 0 Å². The van der Waals surface area contributed by atoms with Gasteiger partial charge in [-0.25, -0.2) is 0 Å². The van der Waals surface area contributed by atoms with E-state index in [9.17, 15) is 14.9 Å². The molecule has 0 aromatic carbocycles. The quantitative estimate of drug-likeness (QED) is 0.382. The van der Waals surface area contributed by atoms with Gasteiger partial charge >= 0.3 is 0 Å². The SMILES string of the molecule is CC1(C)CC[C@]2(C)CC[C@]3(C)C(C(=O)C=C4[C@@]5(C)C=C(C#N)C(=O)C(C)(C)C5CC[C@]43C)C2C1. The third-order valence-corrected chi connectivity index (χ3v) is 12.3. The van der Waals surface area contributed by atoms with Crippen LogP contribution in [0.4, 0.5) is 0 Å². The topological polar surface area (TPSA) is 57.9 Å². The molecule has 5 aliphatic carbocycles. The zero-order valence-corrected chi connectivity index (χ0v) is 22.6. The largest absolute Gasteiger partial charge is 0.295 e. The van der Waals surface area contributed by atoms with Gasteiger partial charge in [-0.3, -0.25) is 9.59 Å². The summed E-state index contributed by atoms with van der Waals surface area (Å²) in [6, 6.07) is 2.20. The van der Waals surface area contributed by atoms with Crippen molar-refractivity contribution in [3.8, 4) is 6.07 Å². The van der Waals surface area contributed by atoms with Crippen LogP contribution in [-0.2, 0) is 9.59 Å². The number of carbonyl (C=O) groups is 2. The molecule has 5 rings (SSSR count). The summed E-state index contributed by atoms with van der Waals surface area (Å²) in [5.74, 6) is 0.881. The molecule has 0 aromatic heterocycles. The van der Waals surface area contributed by atoms with Crippen molar-refractivity contribution in [2.75, 3.05) is 0 Å². The van der Waals surface area contributed by atoms with Crippen molar-refractivity contribution in [2.45, 2.75) is 100 Å². The molecule has 3 fully saturated rings. The van der Waals surface area contributed by atoms with Gasteiger partial charge in [0, 0.05) is 16.7 Å². The normalized spacial score (nSPS) is 48.9. The minimum atomic E-state index is -0.601. The molecule has 3 nitrogen and oxygen atoms in total. The number of ketones is 2. The van der Waals surface area contributed by atoms with Crippen LogP contribution in [0.3, 0.4) is 0 Å². The van der Waals surface area contributed by atoms with E-state index in [-0.39, 0.29) is 44.9 Å². The number of fused-ring (bicyclic) bond motifs is 7. The van der Waals surface area contributed by atoms with Crippen LogP contribution in [0.25, 0.3) is 0 Å². The molecule has 3 heteroatoms. The predicted octanol–water partition coefficient (Wildman–Crippen LogP) is 7.23. The van der Waals surface area contributed by atoms with Crippen molar-refractivity contribution in [2.24, 2.45) is 50.2 Å². The van der Waals surface area contributed by atoms with Crippen LogP contribution < -0.4 is 0 Å². The van der Waals surface area contributed by atoms with Gasteiger partial charge in [0.1, 0.15) is 6.07 Å². The molecule has 0 heterocycles. The molecule has 0 amide bonds. The number of nitrogens with zero attached hydrogens (tertiary/aromatic N) is 1. The Morgan fingerprint density at radius 2 is 1.56 bits per heavy atom. The highest BCUT2D eigenvalue weighted by Crippen LogP contribution is 2.74. The lowest BCUT2D eigenvalue weighted by atomic mass is 9.34. The molecule has 0 saturated heterocycles. The van der Waals surface area contributed by atoms with E-state index in [1.54, 1.807) is 0 Å². The maximum atomic E-state index is 14.2. The molecule has 184 valence electrons. The number of hydrogen-bond acceptors (Lipinski definition) is 3. The zero-order chi connectivity index (χ0) is 25.1. The highest BCUT2D eigenvalue weighted by Gasteiger charge is 2.69. The fourth-order valence-corrected chi connectivity index (χ4v) is 9.89. The molecular formula is C31H43NO2. The number of Topliss-reactive ketones (excluding diaryl/α,β-unsaturated/α-hetero) is 1. The summed E-state index contributed by atoms with van der Waals surface area (Å²) in [7, 11) is 0. The summed E-state index contributed by atoms with van der Waals surface area (Å²) in [6.45, 7) is 18.3.